The summed E-state index contributed by atoms with van der Waals surface area (Å²) in [5.74, 6) is 1.54. The quantitative estimate of drug-likeness (QED) is 0.611. The number of nitrogen functional groups attached to an aromatic ring is 1. The number of hydrogen-bond donors (Lipinski definition) is 1. The third-order valence-corrected chi connectivity index (χ3v) is 5.99. The van der Waals surface area contributed by atoms with Gasteiger partial charge in [0, 0.05) is 31.2 Å². The maximum Gasteiger partial charge on any atom is 0.260 e. The number of halogens is 1. The summed E-state index contributed by atoms with van der Waals surface area (Å²) >= 11 is 5.88. The molecule has 5 rings (SSSR count). The van der Waals surface area contributed by atoms with Crippen molar-refractivity contribution < 1.29 is 14.3 Å². The summed E-state index contributed by atoms with van der Waals surface area (Å²) in [4.78, 5) is 30.2. The van der Waals surface area contributed by atoms with Crippen LogP contribution in [0, 0.1) is 0 Å². The average Bonchev–Trinajstić information content (AvgIpc) is 3.38. The number of benzene rings is 1. The fourth-order valence-corrected chi connectivity index (χ4v) is 4.07. The number of nitrogens with zero attached hydrogens (tertiary/aromatic N) is 5. The Labute approximate surface area is 195 Å². The first-order valence-corrected chi connectivity index (χ1v) is 11.1. The molecular formula is C23H23ClN6O3. The Morgan fingerprint density at radius 1 is 1.09 bits per heavy atom. The molecule has 2 N–H and O–H groups in total. The van der Waals surface area contributed by atoms with Gasteiger partial charge in [-0.3, -0.25) is 4.79 Å². The molecule has 2 aliphatic rings. The topological polar surface area (TPSA) is 107 Å². The maximum atomic E-state index is 12.6. The Morgan fingerprint density at radius 3 is 2.61 bits per heavy atom. The molecule has 0 aliphatic carbocycles. The highest BCUT2D eigenvalue weighted by atomic mass is 35.5. The van der Waals surface area contributed by atoms with Crippen LogP contribution in [0.2, 0.25) is 5.02 Å². The first-order chi connectivity index (χ1) is 16.1. The molecule has 1 amide bonds. The van der Waals surface area contributed by atoms with Crippen LogP contribution in [0.1, 0.15) is 11.6 Å². The highest BCUT2D eigenvalue weighted by Gasteiger charge is 2.25. The second-order valence-electron chi connectivity index (χ2n) is 7.89. The summed E-state index contributed by atoms with van der Waals surface area (Å²) in [7, 11) is 0. The van der Waals surface area contributed by atoms with Crippen LogP contribution in [-0.4, -0.2) is 65.2 Å². The lowest BCUT2D eigenvalue weighted by molar-refractivity contribution is -0.133. The Bertz CT molecular complexity index is 1190. The third kappa shape index (κ3) is 4.63. The molecule has 0 bridgehead atoms. The highest BCUT2D eigenvalue weighted by molar-refractivity contribution is 6.30. The van der Waals surface area contributed by atoms with Gasteiger partial charge in [-0.25, -0.2) is 9.97 Å². The minimum atomic E-state index is -0.0647. The Morgan fingerprint density at radius 2 is 1.88 bits per heavy atom. The van der Waals surface area contributed by atoms with Crippen molar-refractivity contribution in [2.24, 2.45) is 0 Å². The number of piperazine rings is 1. The number of rotatable bonds is 5. The molecule has 1 saturated heterocycles. The Balaban J connectivity index is 1.27. The van der Waals surface area contributed by atoms with Crippen molar-refractivity contribution in [3.05, 3.63) is 59.5 Å². The molecule has 10 heteroatoms. The van der Waals surface area contributed by atoms with Gasteiger partial charge in [-0.05, 0) is 42.5 Å². The van der Waals surface area contributed by atoms with Gasteiger partial charge < -0.3 is 25.0 Å². The van der Waals surface area contributed by atoms with Crippen LogP contribution in [0.25, 0.3) is 11.0 Å². The molecule has 0 saturated carbocycles. The molecule has 0 radical (unpaired) electrons. The van der Waals surface area contributed by atoms with Crippen LogP contribution < -0.4 is 15.4 Å². The molecule has 1 atom stereocenters. The molecule has 2 aliphatic heterocycles. The van der Waals surface area contributed by atoms with Crippen LogP contribution in [0.15, 0.2) is 48.7 Å². The van der Waals surface area contributed by atoms with Crippen molar-refractivity contribution in [1.29, 1.82) is 0 Å². The molecule has 1 aromatic carbocycles. The van der Waals surface area contributed by atoms with E-state index >= 15 is 0 Å². The van der Waals surface area contributed by atoms with Crippen molar-refractivity contribution in [1.82, 2.24) is 19.9 Å². The van der Waals surface area contributed by atoms with E-state index in [0.717, 1.165) is 5.69 Å². The average molecular weight is 467 g/mol. The number of carbonyl (C=O) groups is 1. The molecule has 1 fully saturated rings. The molecular weight excluding hydrogens is 444 g/mol. The molecule has 170 valence electrons. The zero-order valence-corrected chi connectivity index (χ0v) is 18.6. The van der Waals surface area contributed by atoms with E-state index in [0.29, 0.717) is 60.4 Å². The Kier molecular flexibility index (Phi) is 5.87. The second kappa shape index (κ2) is 9.11. The number of amides is 1. The number of ether oxygens (including phenoxy) is 2. The first-order valence-electron chi connectivity index (χ1n) is 10.7. The molecule has 1 unspecified atom stereocenters. The lowest BCUT2D eigenvalue weighted by Crippen LogP contribution is -2.50. The van der Waals surface area contributed by atoms with Gasteiger partial charge in [-0.1, -0.05) is 11.6 Å². The highest BCUT2D eigenvalue weighted by Crippen LogP contribution is 2.28. The van der Waals surface area contributed by atoms with Crippen molar-refractivity contribution >= 4 is 40.3 Å². The number of fused-ring (bicyclic) bond motifs is 1. The van der Waals surface area contributed by atoms with Gasteiger partial charge >= 0.3 is 0 Å². The van der Waals surface area contributed by atoms with Crippen molar-refractivity contribution in [2.45, 2.75) is 5.92 Å². The van der Waals surface area contributed by atoms with Gasteiger partial charge in [0.15, 0.2) is 12.4 Å². The van der Waals surface area contributed by atoms with E-state index in [2.05, 4.69) is 14.9 Å². The third-order valence-electron chi connectivity index (χ3n) is 5.73. The van der Waals surface area contributed by atoms with Crippen LogP contribution in [0.5, 0.6) is 5.75 Å². The fourth-order valence-electron chi connectivity index (χ4n) is 3.94. The molecule has 33 heavy (non-hydrogen) atoms. The number of aromatic nitrogens is 3. The number of hydrogen-bond acceptors (Lipinski definition) is 8. The smallest absolute Gasteiger partial charge is 0.260 e. The molecule has 2 aromatic heterocycles. The second-order valence-corrected chi connectivity index (χ2v) is 8.32. The van der Waals surface area contributed by atoms with Crippen LogP contribution in [-0.2, 0) is 9.53 Å². The lowest BCUT2D eigenvalue weighted by Gasteiger charge is -2.35. The van der Waals surface area contributed by atoms with E-state index in [-0.39, 0.29) is 24.4 Å². The van der Waals surface area contributed by atoms with Crippen LogP contribution in [0.3, 0.4) is 0 Å². The summed E-state index contributed by atoms with van der Waals surface area (Å²) in [6.07, 6.45) is 3.69. The molecule has 9 nitrogen and oxygen atoms in total. The minimum Gasteiger partial charge on any atom is -0.500 e. The monoisotopic (exact) mass is 466 g/mol. The summed E-state index contributed by atoms with van der Waals surface area (Å²) in [6, 6.07) is 10.8. The van der Waals surface area contributed by atoms with E-state index in [1.54, 1.807) is 35.4 Å². The predicted octanol–water partition coefficient (Wildman–Crippen LogP) is 2.62. The molecule has 4 heterocycles. The van der Waals surface area contributed by atoms with E-state index in [4.69, 9.17) is 31.8 Å². The van der Waals surface area contributed by atoms with Crippen LogP contribution >= 0.6 is 11.6 Å². The summed E-state index contributed by atoms with van der Waals surface area (Å²) in [5.41, 5.74) is 8.27. The van der Waals surface area contributed by atoms with Gasteiger partial charge in [0.2, 0.25) is 5.95 Å². The number of pyridine rings is 1. The summed E-state index contributed by atoms with van der Waals surface area (Å²) in [5, 5.41) is 0.623. The number of nitrogens with two attached hydrogens (primary N) is 1. The van der Waals surface area contributed by atoms with Gasteiger partial charge in [0.05, 0.1) is 30.0 Å². The van der Waals surface area contributed by atoms with Gasteiger partial charge in [0.25, 0.3) is 5.91 Å². The van der Waals surface area contributed by atoms with E-state index < -0.39 is 0 Å². The van der Waals surface area contributed by atoms with Crippen molar-refractivity contribution in [3.63, 3.8) is 0 Å². The predicted molar refractivity (Wildman–Crippen MR) is 125 cm³/mol. The van der Waals surface area contributed by atoms with E-state index in [1.807, 2.05) is 18.2 Å². The zero-order chi connectivity index (χ0) is 22.8. The first kappa shape index (κ1) is 21.3. The number of carbonyl (C=O) groups excluding carboxylic acids is 1. The van der Waals surface area contributed by atoms with Crippen molar-refractivity contribution in [3.8, 4) is 5.75 Å². The largest absolute Gasteiger partial charge is 0.500 e. The molecule has 3 aromatic rings. The normalized spacial score (nSPS) is 17.9. The van der Waals surface area contributed by atoms with Crippen LogP contribution in [0.4, 0.5) is 11.8 Å². The summed E-state index contributed by atoms with van der Waals surface area (Å²) in [6.45, 7) is 2.86. The van der Waals surface area contributed by atoms with Gasteiger partial charge in [-0.15, -0.1) is 0 Å². The van der Waals surface area contributed by atoms with Gasteiger partial charge in [-0.2, -0.15) is 4.98 Å². The standard InChI is InChI=1S/C23H23ClN6O3/c24-16-1-3-17(4-2-16)33-14-20(31)29-8-10-30(11-9-29)22-21-19(27-23(25)28-22)6-5-18(26-21)15-7-12-32-13-15/h1-7,12,15H,8-11,13-14H2,(H2,25,27,28). The number of anilines is 2. The van der Waals surface area contributed by atoms with Crippen molar-refractivity contribution in [2.75, 3.05) is 50.0 Å². The lowest BCUT2D eigenvalue weighted by atomic mass is 10.1. The van der Waals surface area contributed by atoms with E-state index in [9.17, 15) is 4.79 Å². The maximum absolute atomic E-state index is 12.6. The summed E-state index contributed by atoms with van der Waals surface area (Å²) < 4.78 is 10.9. The van der Waals surface area contributed by atoms with Gasteiger partial charge in [0.1, 0.15) is 11.3 Å². The zero-order valence-electron chi connectivity index (χ0n) is 17.9. The Hall–Kier alpha value is -3.59. The molecule has 0 spiro atoms. The van der Waals surface area contributed by atoms with E-state index in [1.165, 1.54) is 0 Å². The SMILES string of the molecule is Nc1nc(N2CCN(C(=O)COc3ccc(Cl)cc3)CC2)c2nc(C3C=COC3)ccc2n1. The minimum absolute atomic E-state index is 0.0209. The fraction of sp³-hybridized carbons (Fsp3) is 0.304.